The summed E-state index contributed by atoms with van der Waals surface area (Å²) in [6, 6.07) is 10.1. The van der Waals surface area contributed by atoms with Crippen LogP contribution in [0.2, 0.25) is 0 Å². The van der Waals surface area contributed by atoms with Crippen LogP contribution in [-0.2, 0) is 0 Å². The molecular formula is C37H58N2O5. The first-order valence-corrected chi connectivity index (χ1v) is 17.4. The summed E-state index contributed by atoms with van der Waals surface area (Å²) >= 11 is 0. The Morgan fingerprint density at radius 1 is 0.545 bits per heavy atom. The summed E-state index contributed by atoms with van der Waals surface area (Å²) < 4.78 is 19.1. The van der Waals surface area contributed by atoms with Gasteiger partial charge in [-0.1, -0.05) is 117 Å². The lowest BCUT2D eigenvalue weighted by atomic mass is 10.1. The maximum atomic E-state index is 11.2. The number of nitrogens with zero attached hydrogens (tertiary/aromatic N) is 2. The van der Waals surface area contributed by atoms with Crippen molar-refractivity contribution in [3.05, 3.63) is 42.0 Å². The summed E-state index contributed by atoms with van der Waals surface area (Å²) in [6.45, 7) is 8.49. The lowest BCUT2D eigenvalue weighted by molar-refractivity contribution is 0.0697. The molecule has 0 unspecified atom stereocenters. The molecule has 0 bridgehead atoms. The van der Waals surface area contributed by atoms with Crippen molar-refractivity contribution in [3.63, 3.8) is 0 Å². The van der Waals surface area contributed by atoms with E-state index in [1.54, 1.807) is 12.1 Å². The summed E-state index contributed by atoms with van der Waals surface area (Å²) in [6.07, 6.45) is 21.3. The Balaban J connectivity index is 2.23. The van der Waals surface area contributed by atoms with Crippen LogP contribution in [0.4, 0.5) is 11.4 Å². The second-order valence-corrected chi connectivity index (χ2v) is 11.6. The number of carboxylic acids is 1. The SMILES string of the molecule is CCCCCCCCOc1ccc(N=Nc2ccc(C(=O)O)cc2)c(OCCCCCCCC)c1OCCCCCCCC. The van der Waals surface area contributed by atoms with Gasteiger partial charge >= 0.3 is 5.97 Å². The largest absolute Gasteiger partial charge is 0.490 e. The highest BCUT2D eigenvalue weighted by Gasteiger charge is 2.19. The van der Waals surface area contributed by atoms with Crippen LogP contribution in [0.3, 0.4) is 0 Å². The van der Waals surface area contributed by atoms with E-state index in [1.165, 1.54) is 89.2 Å². The van der Waals surface area contributed by atoms with Gasteiger partial charge in [0.2, 0.25) is 5.75 Å². The van der Waals surface area contributed by atoms with E-state index in [2.05, 4.69) is 31.0 Å². The third-order valence-corrected chi connectivity index (χ3v) is 7.69. The predicted molar refractivity (Wildman–Crippen MR) is 181 cm³/mol. The molecule has 0 aliphatic rings. The van der Waals surface area contributed by atoms with Gasteiger partial charge in [-0.3, -0.25) is 0 Å². The molecule has 0 amide bonds. The van der Waals surface area contributed by atoms with Gasteiger partial charge < -0.3 is 19.3 Å². The third-order valence-electron chi connectivity index (χ3n) is 7.69. The first-order valence-electron chi connectivity index (χ1n) is 17.4. The Morgan fingerprint density at radius 2 is 1.00 bits per heavy atom. The number of azo groups is 1. The molecule has 0 atom stereocenters. The van der Waals surface area contributed by atoms with Crippen molar-refractivity contribution in [2.45, 2.75) is 136 Å². The van der Waals surface area contributed by atoms with E-state index in [9.17, 15) is 9.90 Å². The van der Waals surface area contributed by atoms with Gasteiger partial charge in [0.05, 0.1) is 31.1 Å². The van der Waals surface area contributed by atoms with Crippen LogP contribution in [0.25, 0.3) is 0 Å². The Morgan fingerprint density at radius 3 is 1.50 bits per heavy atom. The van der Waals surface area contributed by atoms with E-state index < -0.39 is 5.97 Å². The number of unbranched alkanes of at least 4 members (excludes halogenated alkanes) is 15. The number of benzene rings is 2. The molecule has 0 heterocycles. The van der Waals surface area contributed by atoms with Gasteiger partial charge in [0.15, 0.2) is 11.5 Å². The molecule has 2 aromatic rings. The fourth-order valence-electron chi connectivity index (χ4n) is 4.96. The molecule has 0 saturated carbocycles. The van der Waals surface area contributed by atoms with Crippen molar-refractivity contribution in [2.24, 2.45) is 10.2 Å². The molecule has 44 heavy (non-hydrogen) atoms. The standard InChI is InChI=1S/C37H58N2O5/c1-4-7-10-13-16-19-28-42-34-27-26-33(39-38-32-24-22-31(23-25-32)37(40)41)35(43-29-20-17-14-11-8-5-2)36(34)44-30-21-18-15-12-9-6-3/h22-27H,4-21,28-30H2,1-3H3,(H,40,41). The molecule has 2 aromatic carbocycles. The Hall–Kier alpha value is -3.09. The Kier molecular flexibility index (Phi) is 20.5. The minimum Gasteiger partial charge on any atom is -0.490 e. The van der Waals surface area contributed by atoms with Crippen molar-refractivity contribution in [3.8, 4) is 17.2 Å². The highest BCUT2D eigenvalue weighted by Crippen LogP contribution is 2.45. The second-order valence-electron chi connectivity index (χ2n) is 11.6. The topological polar surface area (TPSA) is 89.7 Å². The first kappa shape index (κ1) is 37.1. The van der Waals surface area contributed by atoms with E-state index in [0.29, 0.717) is 48.4 Å². The van der Waals surface area contributed by atoms with E-state index in [0.717, 1.165) is 38.5 Å². The van der Waals surface area contributed by atoms with Crippen molar-refractivity contribution >= 4 is 17.3 Å². The summed E-state index contributed by atoms with van der Waals surface area (Å²) in [7, 11) is 0. The number of hydrogen-bond donors (Lipinski definition) is 1. The van der Waals surface area contributed by atoms with E-state index in [-0.39, 0.29) is 5.56 Å². The van der Waals surface area contributed by atoms with E-state index in [4.69, 9.17) is 14.2 Å². The van der Waals surface area contributed by atoms with Gasteiger partial charge in [0.25, 0.3) is 0 Å². The quantitative estimate of drug-likeness (QED) is 0.0802. The highest BCUT2D eigenvalue weighted by atomic mass is 16.5. The molecule has 0 aromatic heterocycles. The monoisotopic (exact) mass is 610 g/mol. The van der Waals surface area contributed by atoms with Gasteiger partial charge in [0, 0.05) is 0 Å². The van der Waals surface area contributed by atoms with Crippen LogP contribution >= 0.6 is 0 Å². The number of carbonyl (C=O) groups is 1. The number of carboxylic acid groups (broad SMARTS) is 1. The van der Waals surface area contributed by atoms with Gasteiger partial charge in [-0.25, -0.2) is 4.79 Å². The summed E-state index contributed by atoms with van der Waals surface area (Å²) in [5.41, 5.74) is 1.35. The fraction of sp³-hybridized carbons (Fsp3) is 0.649. The van der Waals surface area contributed by atoms with Crippen molar-refractivity contribution < 1.29 is 24.1 Å². The van der Waals surface area contributed by atoms with Crippen LogP contribution in [0.1, 0.15) is 147 Å². The lowest BCUT2D eigenvalue weighted by Crippen LogP contribution is -2.06. The molecule has 0 saturated heterocycles. The molecule has 0 radical (unpaired) electrons. The number of rotatable bonds is 27. The average molecular weight is 611 g/mol. The van der Waals surface area contributed by atoms with E-state index >= 15 is 0 Å². The molecule has 246 valence electrons. The highest BCUT2D eigenvalue weighted by molar-refractivity contribution is 5.87. The molecule has 0 aliphatic heterocycles. The van der Waals surface area contributed by atoms with Gasteiger partial charge in [0.1, 0.15) is 5.69 Å². The van der Waals surface area contributed by atoms with Crippen molar-refractivity contribution in [1.29, 1.82) is 0 Å². The van der Waals surface area contributed by atoms with Crippen molar-refractivity contribution in [2.75, 3.05) is 19.8 Å². The molecule has 2 rings (SSSR count). The van der Waals surface area contributed by atoms with Crippen LogP contribution < -0.4 is 14.2 Å². The van der Waals surface area contributed by atoms with Gasteiger partial charge in [-0.2, -0.15) is 5.11 Å². The number of hydrogen-bond acceptors (Lipinski definition) is 6. The molecule has 0 spiro atoms. The van der Waals surface area contributed by atoms with Gasteiger partial charge in [-0.15, -0.1) is 5.11 Å². The minimum atomic E-state index is -0.970. The maximum Gasteiger partial charge on any atom is 0.335 e. The normalized spacial score (nSPS) is 11.2. The number of ether oxygens (including phenoxy) is 3. The van der Waals surface area contributed by atoms with Crippen LogP contribution in [0.5, 0.6) is 17.2 Å². The van der Waals surface area contributed by atoms with Crippen molar-refractivity contribution in [1.82, 2.24) is 0 Å². The zero-order chi connectivity index (χ0) is 31.7. The zero-order valence-electron chi connectivity index (χ0n) is 27.8. The van der Waals surface area contributed by atoms with Crippen LogP contribution in [0.15, 0.2) is 46.6 Å². The lowest BCUT2D eigenvalue weighted by Gasteiger charge is -2.18. The average Bonchev–Trinajstić information content (AvgIpc) is 3.03. The summed E-state index contributed by atoms with van der Waals surface area (Å²) in [5.74, 6) is 0.888. The molecule has 1 N–H and O–H groups in total. The fourth-order valence-corrected chi connectivity index (χ4v) is 4.96. The molecule has 7 nitrogen and oxygen atoms in total. The number of aromatic carboxylic acids is 1. The molecule has 7 heteroatoms. The van der Waals surface area contributed by atoms with E-state index in [1.807, 2.05) is 12.1 Å². The second kappa shape index (κ2) is 24.3. The molecule has 0 aliphatic carbocycles. The third kappa shape index (κ3) is 15.6. The van der Waals surface area contributed by atoms with Gasteiger partial charge in [-0.05, 0) is 55.7 Å². The summed E-state index contributed by atoms with van der Waals surface area (Å²) in [4.78, 5) is 11.2. The molecular weight excluding hydrogens is 552 g/mol. The maximum absolute atomic E-state index is 11.2. The first-order chi connectivity index (χ1) is 21.6. The van der Waals surface area contributed by atoms with Crippen LogP contribution in [-0.4, -0.2) is 30.9 Å². The summed E-state index contributed by atoms with van der Waals surface area (Å²) in [5, 5.41) is 18.1. The minimum absolute atomic E-state index is 0.212. The Bertz CT molecular complexity index is 1050. The smallest absolute Gasteiger partial charge is 0.335 e. The van der Waals surface area contributed by atoms with Crippen LogP contribution in [0, 0.1) is 0 Å². The zero-order valence-corrected chi connectivity index (χ0v) is 27.8. The Labute approximate surface area is 266 Å². The predicted octanol–water partition coefficient (Wildman–Crippen LogP) is 12.0. The molecule has 0 fully saturated rings.